The van der Waals surface area contributed by atoms with E-state index in [9.17, 15) is 9.90 Å². The Labute approximate surface area is 200 Å². The maximum absolute atomic E-state index is 11.8. The van der Waals surface area contributed by atoms with Crippen LogP contribution >= 0.6 is 0 Å². The average molecular weight is 463 g/mol. The summed E-state index contributed by atoms with van der Waals surface area (Å²) in [5, 5.41) is 11.9. The van der Waals surface area contributed by atoms with Gasteiger partial charge in [-0.2, -0.15) is 4.98 Å². The van der Waals surface area contributed by atoms with Gasteiger partial charge >= 0.3 is 0 Å². The molecule has 1 atom stereocenters. The molecule has 1 N–H and O–H groups in total. The molecular weight excluding hydrogens is 428 g/mol. The summed E-state index contributed by atoms with van der Waals surface area (Å²) in [6, 6.07) is 9.12. The molecule has 0 bridgehead atoms. The summed E-state index contributed by atoms with van der Waals surface area (Å²) >= 11 is 0. The van der Waals surface area contributed by atoms with Gasteiger partial charge in [0.05, 0.1) is 11.4 Å². The van der Waals surface area contributed by atoms with E-state index in [2.05, 4.69) is 54.8 Å². The van der Waals surface area contributed by atoms with E-state index in [0.717, 1.165) is 30.6 Å². The molecule has 0 aliphatic carbocycles. The van der Waals surface area contributed by atoms with Crippen molar-refractivity contribution in [3.8, 4) is 5.88 Å². The normalized spacial score (nSPS) is 19.0. The molecule has 34 heavy (non-hydrogen) atoms. The SMILES string of the molecule is CC(=O)N1CCN(c2nc(N3CCCC3c3ccc(C)cc3)c3cn(C(C)C)c(O)c3n2)CC1. The van der Waals surface area contributed by atoms with Gasteiger partial charge in [-0.25, -0.2) is 4.98 Å². The van der Waals surface area contributed by atoms with Crippen molar-refractivity contribution < 1.29 is 9.90 Å². The van der Waals surface area contributed by atoms with Crippen molar-refractivity contribution in [1.82, 2.24) is 19.4 Å². The van der Waals surface area contributed by atoms with Crippen molar-refractivity contribution in [2.45, 2.75) is 52.6 Å². The van der Waals surface area contributed by atoms with Crippen LogP contribution in [0.25, 0.3) is 10.9 Å². The lowest BCUT2D eigenvalue weighted by Crippen LogP contribution is -2.48. The largest absolute Gasteiger partial charge is 0.493 e. The molecule has 2 saturated heterocycles. The predicted octanol–water partition coefficient (Wildman–Crippen LogP) is 4.04. The van der Waals surface area contributed by atoms with Crippen LogP contribution in [0.2, 0.25) is 0 Å². The Hall–Kier alpha value is -3.29. The molecule has 2 aromatic heterocycles. The Morgan fingerprint density at radius 3 is 2.41 bits per heavy atom. The summed E-state index contributed by atoms with van der Waals surface area (Å²) in [5.41, 5.74) is 3.14. The number of hydrogen-bond donors (Lipinski definition) is 1. The number of nitrogens with zero attached hydrogens (tertiary/aromatic N) is 6. The van der Waals surface area contributed by atoms with E-state index in [0.29, 0.717) is 37.6 Å². The van der Waals surface area contributed by atoms with Gasteiger partial charge in [0, 0.05) is 51.9 Å². The first-order valence-corrected chi connectivity index (χ1v) is 12.3. The van der Waals surface area contributed by atoms with Crippen molar-refractivity contribution in [2.75, 3.05) is 42.5 Å². The first-order chi connectivity index (χ1) is 16.3. The highest BCUT2D eigenvalue weighted by atomic mass is 16.3. The summed E-state index contributed by atoms with van der Waals surface area (Å²) in [6.45, 7) is 11.4. The zero-order valence-electron chi connectivity index (χ0n) is 20.5. The van der Waals surface area contributed by atoms with E-state index in [-0.39, 0.29) is 23.9 Å². The number of carbonyl (C=O) groups excluding carboxylic acids is 1. The van der Waals surface area contributed by atoms with Crippen molar-refractivity contribution in [3.63, 3.8) is 0 Å². The van der Waals surface area contributed by atoms with Crippen LogP contribution < -0.4 is 9.80 Å². The lowest BCUT2D eigenvalue weighted by Gasteiger charge is -2.35. The van der Waals surface area contributed by atoms with E-state index in [1.165, 1.54) is 11.1 Å². The van der Waals surface area contributed by atoms with Gasteiger partial charge in [-0.3, -0.25) is 4.79 Å². The van der Waals surface area contributed by atoms with Gasteiger partial charge < -0.3 is 24.4 Å². The van der Waals surface area contributed by atoms with Gasteiger partial charge in [-0.15, -0.1) is 0 Å². The number of rotatable bonds is 4. The molecule has 0 saturated carbocycles. The van der Waals surface area contributed by atoms with Crippen LogP contribution in [0.3, 0.4) is 0 Å². The van der Waals surface area contributed by atoms with Crippen LogP contribution in [0.4, 0.5) is 11.8 Å². The van der Waals surface area contributed by atoms with Crippen LogP contribution in [0.5, 0.6) is 5.88 Å². The van der Waals surface area contributed by atoms with E-state index < -0.39 is 0 Å². The summed E-state index contributed by atoms with van der Waals surface area (Å²) in [5.74, 6) is 1.79. The molecule has 2 aliphatic rings. The molecule has 3 aromatic rings. The van der Waals surface area contributed by atoms with Crippen molar-refractivity contribution in [1.29, 1.82) is 0 Å². The maximum atomic E-state index is 11.8. The predicted molar refractivity (Wildman–Crippen MR) is 135 cm³/mol. The van der Waals surface area contributed by atoms with Gasteiger partial charge in [0.25, 0.3) is 0 Å². The van der Waals surface area contributed by atoms with Gasteiger partial charge in [0.15, 0.2) is 0 Å². The van der Waals surface area contributed by atoms with Crippen molar-refractivity contribution in [2.24, 2.45) is 0 Å². The minimum Gasteiger partial charge on any atom is -0.493 e. The highest BCUT2D eigenvalue weighted by Crippen LogP contribution is 2.41. The summed E-state index contributed by atoms with van der Waals surface area (Å²) in [7, 11) is 0. The first-order valence-electron chi connectivity index (χ1n) is 12.3. The van der Waals surface area contributed by atoms with Crippen LogP contribution in [0.15, 0.2) is 30.5 Å². The molecule has 8 heteroatoms. The number of fused-ring (bicyclic) bond motifs is 1. The molecule has 1 aromatic carbocycles. The quantitative estimate of drug-likeness (QED) is 0.631. The molecule has 1 amide bonds. The Morgan fingerprint density at radius 2 is 1.76 bits per heavy atom. The molecular formula is C26H34N6O2. The van der Waals surface area contributed by atoms with Gasteiger partial charge in [0.2, 0.25) is 17.7 Å². The smallest absolute Gasteiger partial charge is 0.228 e. The van der Waals surface area contributed by atoms with Crippen LogP contribution in [0, 0.1) is 6.92 Å². The van der Waals surface area contributed by atoms with Crippen molar-refractivity contribution in [3.05, 3.63) is 41.6 Å². The topological polar surface area (TPSA) is 77.7 Å². The highest BCUT2D eigenvalue weighted by molar-refractivity contribution is 5.94. The number of aromatic nitrogens is 3. The van der Waals surface area contributed by atoms with Crippen LogP contribution in [-0.2, 0) is 4.79 Å². The maximum Gasteiger partial charge on any atom is 0.228 e. The lowest BCUT2D eigenvalue weighted by atomic mass is 10.0. The third-order valence-corrected chi connectivity index (χ3v) is 7.19. The Morgan fingerprint density at radius 1 is 1.06 bits per heavy atom. The van der Waals surface area contributed by atoms with Crippen LogP contribution in [-0.4, -0.2) is 63.2 Å². The Bertz CT molecular complexity index is 1190. The number of hydrogen-bond acceptors (Lipinski definition) is 6. The van der Waals surface area contributed by atoms with Gasteiger partial charge in [-0.05, 0) is 39.2 Å². The fourth-order valence-electron chi connectivity index (χ4n) is 5.19. The molecule has 8 nitrogen and oxygen atoms in total. The summed E-state index contributed by atoms with van der Waals surface area (Å²) in [6.07, 6.45) is 4.15. The Balaban J connectivity index is 1.59. The fourth-order valence-corrected chi connectivity index (χ4v) is 5.19. The van der Waals surface area contributed by atoms with Gasteiger partial charge in [0.1, 0.15) is 11.3 Å². The average Bonchev–Trinajstić information content (AvgIpc) is 3.44. The molecule has 0 radical (unpaired) electrons. The van der Waals surface area contributed by atoms with E-state index >= 15 is 0 Å². The third kappa shape index (κ3) is 3.95. The minimum atomic E-state index is 0.0985. The van der Waals surface area contributed by atoms with E-state index in [1.807, 2.05) is 15.7 Å². The minimum absolute atomic E-state index is 0.0985. The Kier molecular flexibility index (Phi) is 5.83. The summed E-state index contributed by atoms with van der Waals surface area (Å²) < 4.78 is 1.87. The monoisotopic (exact) mass is 462 g/mol. The second-order valence-corrected chi connectivity index (χ2v) is 9.82. The standard InChI is InChI=1S/C26H34N6O2/c1-17(2)32-16-21-23(25(32)34)27-26(30-14-12-29(13-15-30)19(4)33)28-24(21)31-11-5-6-22(31)20-9-7-18(3)8-10-20/h7-10,16-17,22,34H,5-6,11-15H2,1-4H3. The van der Waals surface area contributed by atoms with E-state index in [1.54, 1.807) is 6.92 Å². The first kappa shape index (κ1) is 22.5. The molecule has 5 rings (SSSR count). The highest BCUT2D eigenvalue weighted by Gasteiger charge is 2.32. The summed E-state index contributed by atoms with van der Waals surface area (Å²) in [4.78, 5) is 28.1. The van der Waals surface area contributed by atoms with Crippen molar-refractivity contribution >= 4 is 28.6 Å². The number of aromatic hydroxyl groups is 1. The second-order valence-electron chi connectivity index (χ2n) is 9.82. The fraction of sp³-hybridized carbons (Fsp3) is 0.500. The second kappa shape index (κ2) is 8.81. The zero-order valence-corrected chi connectivity index (χ0v) is 20.5. The number of piperazine rings is 1. The molecule has 0 spiro atoms. The lowest BCUT2D eigenvalue weighted by molar-refractivity contribution is -0.129. The number of amides is 1. The number of carbonyl (C=O) groups is 1. The van der Waals surface area contributed by atoms with Gasteiger partial charge in [-0.1, -0.05) is 29.8 Å². The van der Waals surface area contributed by atoms with Crippen LogP contribution in [0.1, 0.15) is 56.8 Å². The molecule has 180 valence electrons. The molecule has 2 aliphatic heterocycles. The number of anilines is 2. The third-order valence-electron chi connectivity index (χ3n) is 7.19. The molecule has 4 heterocycles. The number of aryl methyl sites for hydroxylation is 1. The number of benzene rings is 1. The van der Waals surface area contributed by atoms with E-state index in [4.69, 9.17) is 9.97 Å². The molecule has 1 unspecified atom stereocenters. The molecule has 2 fully saturated rings. The zero-order chi connectivity index (χ0) is 24.0.